The van der Waals surface area contributed by atoms with Gasteiger partial charge in [0, 0.05) is 18.2 Å². The fourth-order valence-corrected chi connectivity index (χ4v) is 1.86. The van der Waals surface area contributed by atoms with Gasteiger partial charge in [0.2, 0.25) is 5.91 Å². The van der Waals surface area contributed by atoms with E-state index in [9.17, 15) is 18.0 Å². The second-order valence-corrected chi connectivity index (χ2v) is 4.83. The summed E-state index contributed by atoms with van der Waals surface area (Å²) in [6.07, 6.45) is -2.06. The predicted octanol–water partition coefficient (Wildman–Crippen LogP) is 2.77. The van der Waals surface area contributed by atoms with Gasteiger partial charge in [-0.2, -0.15) is 13.2 Å². The van der Waals surface area contributed by atoms with Gasteiger partial charge in [-0.05, 0) is 43.0 Å². The Balaban J connectivity index is 1.90. The van der Waals surface area contributed by atoms with E-state index in [-0.39, 0.29) is 18.4 Å². The third kappa shape index (κ3) is 3.96. The molecule has 3 N–H and O–H groups in total. The summed E-state index contributed by atoms with van der Waals surface area (Å²) in [6, 6.07) is 4.20. The molecule has 1 aliphatic carbocycles. The molecule has 6 heteroatoms. The highest BCUT2D eigenvalue weighted by Crippen LogP contribution is 2.33. The van der Waals surface area contributed by atoms with Crippen molar-refractivity contribution in [2.24, 2.45) is 11.7 Å². The zero-order valence-corrected chi connectivity index (χ0v) is 10.2. The number of halogens is 3. The van der Waals surface area contributed by atoms with Crippen LogP contribution in [0.5, 0.6) is 0 Å². The lowest BCUT2D eigenvalue weighted by Crippen LogP contribution is -2.28. The molecule has 19 heavy (non-hydrogen) atoms. The third-order valence-electron chi connectivity index (χ3n) is 3.14. The van der Waals surface area contributed by atoms with Gasteiger partial charge >= 0.3 is 6.18 Å². The summed E-state index contributed by atoms with van der Waals surface area (Å²) in [5.41, 5.74) is 5.42. The molecule has 1 amide bonds. The Morgan fingerprint density at radius 2 is 1.89 bits per heavy atom. The number of carbonyl (C=O) groups excluding carboxylic acids is 1. The van der Waals surface area contributed by atoms with E-state index in [1.807, 2.05) is 0 Å². The predicted molar refractivity (Wildman–Crippen MR) is 65.4 cm³/mol. The fourth-order valence-electron chi connectivity index (χ4n) is 1.86. The second kappa shape index (κ2) is 5.21. The van der Waals surface area contributed by atoms with E-state index < -0.39 is 11.7 Å². The lowest BCUT2D eigenvalue weighted by molar-refractivity contribution is -0.137. The highest BCUT2D eigenvalue weighted by atomic mass is 19.4. The zero-order chi connectivity index (χ0) is 14.0. The summed E-state index contributed by atoms with van der Waals surface area (Å²) < 4.78 is 37.0. The minimum absolute atomic E-state index is 0.158. The van der Waals surface area contributed by atoms with Crippen molar-refractivity contribution in [3.63, 3.8) is 0 Å². The van der Waals surface area contributed by atoms with Gasteiger partial charge in [-0.1, -0.05) is 0 Å². The van der Waals surface area contributed by atoms with Crippen LogP contribution in [0.2, 0.25) is 0 Å². The van der Waals surface area contributed by atoms with Gasteiger partial charge < -0.3 is 11.1 Å². The average Bonchev–Trinajstić information content (AvgIpc) is 3.11. The molecule has 3 nitrogen and oxygen atoms in total. The smallest absolute Gasteiger partial charge is 0.327 e. The molecule has 0 aliphatic heterocycles. The Morgan fingerprint density at radius 1 is 1.32 bits per heavy atom. The van der Waals surface area contributed by atoms with Crippen molar-refractivity contribution in [3.8, 4) is 0 Å². The average molecular weight is 272 g/mol. The van der Waals surface area contributed by atoms with E-state index >= 15 is 0 Å². The molecule has 0 heterocycles. The van der Waals surface area contributed by atoms with Gasteiger partial charge in [-0.25, -0.2) is 0 Å². The molecule has 0 radical (unpaired) electrons. The number of alkyl halides is 3. The normalized spacial score (nSPS) is 17.1. The molecule has 1 unspecified atom stereocenters. The van der Waals surface area contributed by atoms with Crippen LogP contribution in [-0.2, 0) is 11.0 Å². The molecular formula is C13H15F3N2O. The summed E-state index contributed by atoms with van der Waals surface area (Å²) in [7, 11) is 0. The van der Waals surface area contributed by atoms with Crippen molar-refractivity contribution >= 4 is 11.6 Å². The molecule has 1 atom stereocenters. The van der Waals surface area contributed by atoms with E-state index in [0.29, 0.717) is 11.6 Å². The van der Waals surface area contributed by atoms with Crippen LogP contribution in [0.15, 0.2) is 24.3 Å². The molecule has 0 saturated heterocycles. The van der Waals surface area contributed by atoms with Crippen molar-refractivity contribution in [2.75, 3.05) is 5.32 Å². The molecule has 1 aromatic carbocycles. The summed E-state index contributed by atoms with van der Waals surface area (Å²) in [5, 5.41) is 2.55. The van der Waals surface area contributed by atoms with Crippen molar-refractivity contribution < 1.29 is 18.0 Å². The first-order valence-electron chi connectivity index (χ1n) is 6.09. The number of nitrogens with one attached hydrogen (secondary N) is 1. The maximum absolute atomic E-state index is 12.3. The number of anilines is 1. The minimum atomic E-state index is -4.36. The summed E-state index contributed by atoms with van der Waals surface area (Å²) >= 11 is 0. The number of carbonyl (C=O) groups is 1. The van der Waals surface area contributed by atoms with Crippen LogP contribution < -0.4 is 11.1 Å². The zero-order valence-electron chi connectivity index (χ0n) is 10.2. The Labute approximate surface area is 109 Å². The van der Waals surface area contributed by atoms with Gasteiger partial charge in [0.25, 0.3) is 0 Å². The van der Waals surface area contributed by atoms with Crippen molar-refractivity contribution in [1.29, 1.82) is 0 Å². The topological polar surface area (TPSA) is 55.1 Å². The van der Waals surface area contributed by atoms with E-state index in [0.717, 1.165) is 25.0 Å². The first-order chi connectivity index (χ1) is 8.86. The van der Waals surface area contributed by atoms with Gasteiger partial charge in [0.15, 0.2) is 0 Å². The van der Waals surface area contributed by atoms with Gasteiger partial charge in [-0.3, -0.25) is 4.79 Å². The molecule has 1 aliphatic rings. The van der Waals surface area contributed by atoms with Crippen LogP contribution >= 0.6 is 0 Å². The SMILES string of the molecule is NC(CC(=O)Nc1ccc(C(F)(F)F)cc1)C1CC1. The lowest BCUT2D eigenvalue weighted by atomic mass is 10.1. The number of benzene rings is 1. The molecule has 2 rings (SSSR count). The van der Waals surface area contributed by atoms with Crippen LogP contribution in [0.3, 0.4) is 0 Å². The summed E-state index contributed by atoms with van der Waals surface area (Å²) in [4.78, 5) is 11.6. The number of nitrogens with two attached hydrogens (primary N) is 1. The van der Waals surface area contributed by atoms with Gasteiger partial charge in [-0.15, -0.1) is 0 Å². The van der Waals surface area contributed by atoms with Gasteiger partial charge in [0.1, 0.15) is 0 Å². The molecular weight excluding hydrogens is 257 g/mol. The van der Waals surface area contributed by atoms with E-state index in [1.54, 1.807) is 0 Å². The maximum atomic E-state index is 12.3. The second-order valence-electron chi connectivity index (χ2n) is 4.83. The summed E-state index contributed by atoms with van der Waals surface area (Å²) in [5.74, 6) is 0.150. The maximum Gasteiger partial charge on any atom is 0.416 e. The molecule has 104 valence electrons. The van der Waals surface area contributed by atoms with Crippen molar-refractivity contribution in [1.82, 2.24) is 0 Å². The lowest BCUT2D eigenvalue weighted by Gasteiger charge is -2.11. The number of rotatable bonds is 4. The quantitative estimate of drug-likeness (QED) is 0.885. The van der Waals surface area contributed by atoms with Crippen LogP contribution in [0.25, 0.3) is 0 Å². The molecule has 1 aromatic rings. The first-order valence-corrected chi connectivity index (χ1v) is 6.09. The molecule has 0 bridgehead atoms. The van der Waals surface area contributed by atoms with Crippen molar-refractivity contribution in [2.45, 2.75) is 31.5 Å². The number of amides is 1. The molecule has 0 spiro atoms. The summed E-state index contributed by atoms with van der Waals surface area (Å²) in [6.45, 7) is 0. The van der Waals surface area contributed by atoms with Crippen LogP contribution in [0.1, 0.15) is 24.8 Å². The van der Waals surface area contributed by atoms with Crippen LogP contribution in [0, 0.1) is 5.92 Å². The van der Waals surface area contributed by atoms with Crippen molar-refractivity contribution in [3.05, 3.63) is 29.8 Å². The Hall–Kier alpha value is -1.56. The largest absolute Gasteiger partial charge is 0.416 e. The standard InChI is InChI=1S/C13H15F3N2O/c14-13(15,16)9-3-5-10(6-4-9)18-12(19)7-11(17)8-1-2-8/h3-6,8,11H,1-2,7,17H2,(H,18,19). The monoisotopic (exact) mass is 272 g/mol. The third-order valence-corrected chi connectivity index (χ3v) is 3.14. The molecule has 1 saturated carbocycles. The molecule has 0 aromatic heterocycles. The highest BCUT2D eigenvalue weighted by Gasteiger charge is 2.31. The van der Waals surface area contributed by atoms with E-state index in [4.69, 9.17) is 5.73 Å². The van der Waals surface area contributed by atoms with Gasteiger partial charge in [0.05, 0.1) is 5.56 Å². The highest BCUT2D eigenvalue weighted by molar-refractivity contribution is 5.91. The first kappa shape index (κ1) is 13.9. The molecule has 1 fully saturated rings. The minimum Gasteiger partial charge on any atom is -0.327 e. The van der Waals surface area contributed by atoms with E-state index in [2.05, 4.69) is 5.32 Å². The Morgan fingerprint density at radius 3 is 2.37 bits per heavy atom. The van der Waals surface area contributed by atoms with Crippen LogP contribution in [-0.4, -0.2) is 11.9 Å². The number of hydrogen-bond acceptors (Lipinski definition) is 2. The van der Waals surface area contributed by atoms with E-state index in [1.165, 1.54) is 12.1 Å². The van der Waals surface area contributed by atoms with Crippen LogP contribution in [0.4, 0.5) is 18.9 Å². The number of hydrogen-bond donors (Lipinski definition) is 2. The Kier molecular flexibility index (Phi) is 3.80. The fraction of sp³-hybridized carbons (Fsp3) is 0.462. The Bertz CT molecular complexity index is 452.